The third kappa shape index (κ3) is 6.56. The molecule has 5 heteroatoms. The summed E-state index contributed by atoms with van der Waals surface area (Å²) in [6.45, 7) is 3.53. The van der Waals surface area contributed by atoms with E-state index in [4.69, 9.17) is 5.26 Å². The summed E-state index contributed by atoms with van der Waals surface area (Å²) >= 11 is 0. The molecule has 0 aromatic heterocycles. The van der Waals surface area contributed by atoms with E-state index < -0.39 is 12.0 Å². The second-order valence-corrected chi connectivity index (χ2v) is 4.14. The van der Waals surface area contributed by atoms with Crippen LogP contribution in [0.15, 0.2) is 0 Å². The molecule has 0 rings (SSSR count). The number of nitrogens with zero attached hydrogens (tertiary/aromatic N) is 1. The van der Waals surface area contributed by atoms with E-state index >= 15 is 0 Å². The zero-order valence-corrected chi connectivity index (χ0v) is 10.7. The Morgan fingerprint density at radius 1 is 1.35 bits per heavy atom. The molecule has 0 aliphatic rings. The molecule has 0 unspecified atom stereocenters. The topological polar surface area (TPSA) is 79.2 Å². The van der Waals surface area contributed by atoms with Crippen molar-refractivity contribution in [2.45, 2.75) is 45.6 Å². The molecule has 0 aromatic rings. The number of carbonyl (C=O) groups is 2. The highest BCUT2D eigenvalue weighted by atomic mass is 16.5. The van der Waals surface area contributed by atoms with Crippen LogP contribution in [0, 0.1) is 17.2 Å². The molecular weight excluding hydrogens is 220 g/mol. The lowest BCUT2D eigenvalue weighted by Gasteiger charge is -2.17. The van der Waals surface area contributed by atoms with Crippen molar-refractivity contribution in [3.63, 3.8) is 0 Å². The summed E-state index contributed by atoms with van der Waals surface area (Å²) < 4.78 is 4.63. The molecule has 1 N–H and O–H groups in total. The quantitative estimate of drug-likeness (QED) is 0.538. The van der Waals surface area contributed by atoms with Crippen molar-refractivity contribution in [2.24, 2.45) is 5.92 Å². The average molecular weight is 240 g/mol. The Kier molecular flexibility index (Phi) is 7.78. The van der Waals surface area contributed by atoms with Gasteiger partial charge in [-0.1, -0.05) is 13.8 Å². The molecule has 96 valence electrons. The van der Waals surface area contributed by atoms with Crippen molar-refractivity contribution in [3.8, 4) is 6.07 Å². The largest absolute Gasteiger partial charge is 0.467 e. The molecule has 0 radical (unpaired) electrons. The molecule has 0 aliphatic heterocycles. The number of hydrogen-bond donors (Lipinski definition) is 1. The number of carbonyl (C=O) groups excluding carboxylic acids is 2. The van der Waals surface area contributed by atoms with Gasteiger partial charge in [0.15, 0.2) is 0 Å². The van der Waals surface area contributed by atoms with Gasteiger partial charge in [0, 0.05) is 12.3 Å². The van der Waals surface area contributed by atoms with E-state index in [1.807, 2.05) is 6.07 Å². The molecule has 1 atom stereocenters. The number of amides is 1. The predicted octanol–water partition coefficient (Wildman–Crippen LogP) is 1.38. The van der Waals surface area contributed by atoms with Gasteiger partial charge >= 0.3 is 5.97 Å². The monoisotopic (exact) mass is 240 g/mol. The molecule has 0 spiro atoms. The zero-order valence-electron chi connectivity index (χ0n) is 10.7. The van der Waals surface area contributed by atoms with Crippen LogP contribution in [0.1, 0.15) is 39.5 Å². The Balaban J connectivity index is 4.20. The van der Waals surface area contributed by atoms with Gasteiger partial charge in [-0.3, -0.25) is 4.79 Å². The number of ether oxygens (including phenoxy) is 1. The van der Waals surface area contributed by atoms with Crippen LogP contribution >= 0.6 is 0 Å². The number of rotatable bonds is 7. The second kappa shape index (κ2) is 8.57. The number of nitriles is 1. The van der Waals surface area contributed by atoms with Gasteiger partial charge < -0.3 is 10.1 Å². The lowest BCUT2D eigenvalue weighted by molar-refractivity contribution is -0.145. The predicted molar refractivity (Wildman–Crippen MR) is 62.9 cm³/mol. The van der Waals surface area contributed by atoms with Gasteiger partial charge in [-0.15, -0.1) is 0 Å². The van der Waals surface area contributed by atoms with Gasteiger partial charge in [-0.25, -0.2) is 4.79 Å². The van der Waals surface area contributed by atoms with Crippen LogP contribution < -0.4 is 5.32 Å². The highest BCUT2D eigenvalue weighted by molar-refractivity contribution is 5.85. The fourth-order valence-electron chi connectivity index (χ4n) is 1.28. The Labute approximate surface area is 102 Å². The Morgan fingerprint density at radius 3 is 2.47 bits per heavy atom. The zero-order chi connectivity index (χ0) is 13.3. The minimum Gasteiger partial charge on any atom is -0.467 e. The molecule has 5 nitrogen and oxygen atoms in total. The van der Waals surface area contributed by atoms with Crippen molar-refractivity contribution >= 4 is 11.9 Å². The molecule has 0 saturated carbocycles. The van der Waals surface area contributed by atoms with Crippen molar-refractivity contribution in [2.75, 3.05) is 7.11 Å². The van der Waals surface area contributed by atoms with Crippen molar-refractivity contribution < 1.29 is 14.3 Å². The number of hydrogen-bond acceptors (Lipinski definition) is 4. The normalized spacial score (nSPS) is 11.7. The number of methoxy groups -OCH3 is 1. The Morgan fingerprint density at radius 2 is 2.00 bits per heavy atom. The molecule has 0 aliphatic carbocycles. The lowest BCUT2D eigenvalue weighted by Crippen LogP contribution is -2.43. The molecule has 0 bridgehead atoms. The molecular formula is C12H20N2O3. The Hall–Kier alpha value is -1.57. The average Bonchev–Trinajstić information content (AvgIpc) is 2.31. The fourth-order valence-corrected chi connectivity index (χ4v) is 1.28. The van der Waals surface area contributed by atoms with Crippen LogP contribution in [0.25, 0.3) is 0 Å². The summed E-state index contributed by atoms with van der Waals surface area (Å²) in [5, 5.41) is 11.0. The molecule has 0 heterocycles. The van der Waals surface area contributed by atoms with E-state index in [-0.39, 0.29) is 11.8 Å². The SMILES string of the molecule is COC(=O)[C@H](CCCCC#N)NC(=O)C(C)C. The van der Waals surface area contributed by atoms with Crippen LogP contribution in [0.5, 0.6) is 0 Å². The van der Waals surface area contributed by atoms with Gasteiger partial charge in [0.2, 0.25) is 5.91 Å². The minimum absolute atomic E-state index is 0.165. The fraction of sp³-hybridized carbons (Fsp3) is 0.750. The van der Waals surface area contributed by atoms with E-state index in [0.29, 0.717) is 19.3 Å². The van der Waals surface area contributed by atoms with E-state index in [1.165, 1.54) is 7.11 Å². The first-order valence-electron chi connectivity index (χ1n) is 5.78. The smallest absolute Gasteiger partial charge is 0.328 e. The maximum absolute atomic E-state index is 11.5. The van der Waals surface area contributed by atoms with Crippen LogP contribution in [0.4, 0.5) is 0 Å². The van der Waals surface area contributed by atoms with Gasteiger partial charge in [0.1, 0.15) is 6.04 Å². The van der Waals surface area contributed by atoms with E-state index in [9.17, 15) is 9.59 Å². The first-order chi connectivity index (χ1) is 8.02. The second-order valence-electron chi connectivity index (χ2n) is 4.14. The van der Waals surface area contributed by atoms with Gasteiger partial charge in [0.05, 0.1) is 13.2 Å². The van der Waals surface area contributed by atoms with Crippen molar-refractivity contribution in [1.29, 1.82) is 5.26 Å². The van der Waals surface area contributed by atoms with Crippen LogP contribution in [0.3, 0.4) is 0 Å². The Bertz CT molecular complexity index is 295. The highest BCUT2D eigenvalue weighted by Gasteiger charge is 2.21. The minimum atomic E-state index is -0.603. The summed E-state index contributed by atoms with van der Waals surface area (Å²) in [6, 6.07) is 1.44. The number of esters is 1. The summed E-state index contributed by atoms with van der Waals surface area (Å²) in [5.41, 5.74) is 0. The van der Waals surface area contributed by atoms with E-state index in [0.717, 1.165) is 6.42 Å². The summed E-state index contributed by atoms with van der Waals surface area (Å²) in [5.74, 6) is -0.766. The van der Waals surface area contributed by atoms with Gasteiger partial charge in [-0.2, -0.15) is 5.26 Å². The molecule has 0 aromatic carbocycles. The number of nitrogens with one attached hydrogen (secondary N) is 1. The van der Waals surface area contributed by atoms with E-state index in [1.54, 1.807) is 13.8 Å². The van der Waals surface area contributed by atoms with Crippen molar-refractivity contribution in [3.05, 3.63) is 0 Å². The lowest BCUT2D eigenvalue weighted by atomic mass is 10.1. The summed E-state index contributed by atoms with van der Waals surface area (Å²) in [6.07, 6.45) is 2.41. The first kappa shape index (κ1) is 15.4. The van der Waals surface area contributed by atoms with Crippen LogP contribution in [0.2, 0.25) is 0 Å². The van der Waals surface area contributed by atoms with Crippen LogP contribution in [-0.4, -0.2) is 25.0 Å². The molecule has 17 heavy (non-hydrogen) atoms. The summed E-state index contributed by atoms with van der Waals surface area (Å²) in [7, 11) is 1.30. The highest BCUT2D eigenvalue weighted by Crippen LogP contribution is 2.06. The maximum atomic E-state index is 11.5. The first-order valence-corrected chi connectivity index (χ1v) is 5.78. The van der Waals surface area contributed by atoms with Gasteiger partial charge in [-0.05, 0) is 19.3 Å². The van der Waals surface area contributed by atoms with Crippen LogP contribution in [-0.2, 0) is 14.3 Å². The van der Waals surface area contributed by atoms with Gasteiger partial charge in [0.25, 0.3) is 0 Å². The third-order valence-corrected chi connectivity index (χ3v) is 2.36. The maximum Gasteiger partial charge on any atom is 0.328 e. The molecule has 0 fully saturated rings. The van der Waals surface area contributed by atoms with Crippen molar-refractivity contribution in [1.82, 2.24) is 5.32 Å². The molecule has 0 saturated heterocycles. The number of unbranched alkanes of at least 4 members (excludes halogenated alkanes) is 2. The third-order valence-electron chi connectivity index (χ3n) is 2.36. The standard InChI is InChI=1S/C12H20N2O3/c1-9(2)11(15)14-10(12(16)17-3)7-5-4-6-8-13/h9-10H,4-7H2,1-3H3,(H,14,15)/t10-/m0/s1. The van der Waals surface area contributed by atoms with E-state index in [2.05, 4.69) is 10.1 Å². The molecule has 1 amide bonds. The summed E-state index contributed by atoms with van der Waals surface area (Å²) in [4.78, 5) is 22.9.